The molecule has 0 unspecified atom stereocenters. The number of carbonyl (C=O) groups is 2. The summed E-state index contributed by atoms with van der Waals surface area (Å²) in [4.78, 5) is 22.9. The van der Waals surface area contributed by atoms with Crippen LogP contribution in [0.2, 0.25) is 0 Å². The van der Waals surface area contributed by atoms with Gasteiger partial charge in [0.25, 0.3) is 11.7 Å². The first-order chi connectivity index (χ1) is 7.65. The molecule has 0 aromatic heterocycles. The lowest BCUT2D eigenvalue weighted by Gasteiger charge is -2.05. The van der Waals surface area contributed by atoms with Crippen molar-refractivity contribution in [2.45, 2.75) is 6.92 Å². The van der Waals surface area contributed by atoms with Gasteiger partial charge in [0.15, 0.2) is 0 Å². The summed E-state index contributed by atoms with van der Waals surface area (Å²) in [5, 5.41) is 3.27. The summed E-state index contributed by atoms with van der Waals surface area (Å²) >= 11 is 3.28. The molecule has 1 heterocycles. The Balaban J connectivity index is 2.61. The summed E-state index contributed by atoms with van der Waals surface area (Å²) < 4.78 is 0. The number of allylic oxidation sites excluding steroid dienone is 1. The van der Waals surface area contributed by atoms with E-state index in [0.29, 0.717) is 16.6 Å². The summed E-state index contributed by atoms with van der Waals surface area (Å²) in [5.74, 6) is -0.998. The largest absolute Gasteiger partial charge is 0.318 e. The van der Waals surface area contributed by atoms with Crippen molar-refractivity contribution in [3.63, 3.8) is 0 Å². The van der Waals surface area contributed by atoms with Gasteiger partial charge in [-0.05, 0) is 24.1 Å². The van der Waals surface area contributed by atoms with Gasteiger partial charge in [0.05, 0.1) is 11.3 Å². The zero-order chi connectivity index (χ0) is 11.7. The highest BCUT2D eigenvalue weighted by Gasteiger charge is 2.30. The molecule has 0 radical (unpaired) electrons. The van der Waals surface area contributed by atoms with Gasteiger partial charge in [-0.3, -0.25) is 9.59 Å². The van der Waals surface area contributed by atoms with Gasteiger partial charge >= 0.3 is 0 Å². The fourth-order valence-corrected chi connectivity index (χ4v) is 1.93. The van der Waals surface area contributed by atoms with Gasteiger partial charge in [-0.1, -0.05) is 34.1 Å². The van der Waals surface area contributed by atoms with Crippen LogP contribution in [-0.4, -0.2) is 17.0 Å². The summed E-state index contributed by atoms with van der Waals surface area (Å²) in [6.07, 6.45) is 3.76. The number of aryl methyl sites for hydroxylation is 1. The highest BCUT2D eigenvalue weighted by Crippen LogP contribution is 2.29. The van der Waals surface area contributed by atoms with Crippen molar-refractivity contribution in [3.05, 3.63) is 34.9 Å². The van der Waals surface area contributed by atoms with Gasteiger partial charge in [0.1, 0.15) is 0 Å². The second-order valence-corrected chi connectivity index (χ2v) is 4.21. The number of benzene rings is 1. The highest BCUT2D eigenvalue weighted by molar-refractivity contribution is 9.09. The fourth-order valence-electron chi connectivity index (χ4n) is 1.74. The van der Waals surface area contributed by atoms with Crippen molar-refractivity contribution in [1.29, 1.82) is 0 Å². The number of fused-ring (bicyclic) bond motifs is 1. The van der Waals surface area contributed by atoms with E-state index in [1.807, 2.05) is 25.1 Å². The number of alkyl halides is 1. The van der Waals surface area contributed by atoms with E-state index in [1.54, 1.807) is 6.07 Å². The molecule has 0 atom stereocenters. The highest BCUT2D eigenvalue weighted by atomic mass is 79.9. The van der Waals surface area contributed by atoms with Crippen LogP contribution in [0.4, 0.5) is 5.69 Å². The number of anilines is 1. The summed E-state index contributed by atoms with van der Waals surface area (Å²) in [7, 11) is 0. The number of hydrogen-bond acceptors (Lipinski definition) is 2. The van der Waals surface area contributed by atoms with Crippen LogP contribution >= 0.6 is 15.9 Å². The van der Waals surface area contributed by atoms with Crippen LogP contribution < -0.4 is 5.32 Å². The summed E-state index contributed by atoms with van der Waals surface area (Å²) in [5.41, 5.74) is 2.90. The molecule has 4 heteroatoms. The second kappa shape index (κ2) is 4.22. The maximum atomic E-state index is 11.7. The third-order valence-electron chi connectivity index (χ3n) is 2.52. The molecule has 0 saturated heterocycles. The lowest BCUT2D eigenvalue weighted by Crippen LogP contribution is -2.13. The Morgan fingerprint density at radius 2 is 2.12 bits per heavy atom. The van der Waals surface area contributed by atoms with E-state index in [1.165, 1.54) is 0 Å². The number of Topliss-reactive ketones (excluding diaryl/α,β-unsaturated/α-hetero) is 1. The molecule has 0 saturated carbocycles. The Labute approximate surface area is 102 Å². The Bertz CT molecular complexity index is 506. The Morgan fingerprint density at radius 1 is 1.38 bits per heavy atom. The number of ketones is 1. The van der Waals surface area contributed by atoms with Gasteiger partial charge in [0.2, 0.25) is 0 Å². The SMILES string of the molecule is Cc1ccc2c(c1C=CCBr)C(=O)C(=O)N2. The van der Waals surface area contributed by atoms with E-state index in [0.717, 1.165) is 11.1 Å². The second-order valence-electron chi connectivity index (χ2n) is 3.56. The van der Waals surface area contributed by atoms with Crippen molar-refractivity contribution in [2.24, 2.45) is 0 Å². The first kappa shape index (κ1) is 11.1. The van der Waals surface area contributed by atoms with Crippen LogP contribution in [0.25, 0.3) is 6.08 Å². The Hall–Kier alpha value is -1.42. The van der Waals surface area contributed by atoms with Crippen molar-refractivity contribution < 1.29 is 9.59 Å². The molecule has 1 amide bonds. The number of rotatable bonds is 2. The first-order valence-electron chi connectivity index (χ1n) is 4.87. The van der Waals surface area contributed by atoms with E-state index in [-0.39, 0.29) is 0 Å². The molecule has 3 nitrogen and oxygen atoms in total. The van der Waals surface area contributed by atoms with Crippen LogP contribution in [0.1, 0.15) is 21.5 Å². The number of carbonyl (C=O) groups excluding carboxylic acids is 2. The van der Waals surface area contributed by atoms with E-state index in [2.05, 4.69) is 21.2 Å². The average molecular weight is 280 g/mol. The molecular formula is C12H10BrNO2. The van der Waals surface area contributed by atoms with Crippen LogP contribution in [0.3, 0.4) is 0 Å². The number of nitrogens with one attached hydrogen (secondary N) is 1. The smallest absolute Gasteiger partial charge is 0.296 e. The molecule has 1 aromatic carbocycles. The maximum absolute atomic E-state index is 11.7. The molecule has 1 aliphatic heterocycles. The van der Waals surface area contributed by atoms with E-state index >= 15 is 0 Å². The molecule has 16 heavy (non-hydrogen) atoms. The molecule has 0 bridgehead atoms. The quantitative estimate of drug-likeness (QED) is 0.668. The molecule has 0 spiro atoms. The van der Waals surface area contributed by atoms with E-state index < -0.39 is 11.7 Å². The molecular weight excluding hydrogens is 270 g/mol. The van der Waals surface area contributed by atoms with Gasteiger partial charge in [0, 0.05) is 5.33 Å². The zero-order valence-corrected chi connectivity index (χ0v) is 10.3. The molecule has 0 aliphatic carbocycles. The molecule has 1 aromatic rings. The van der Waals surface area contributed by atoms with E-state index in [4.69, 9.17) is 0 Å². The molecule has 2 rings (SSSR count). The minimum absolute atomic E-state index is 0.451. The third kappa shape index (κ3) is 1.69. The monoisotopic (exact) mass is 279 g/mol. The fraction of sp³-hybridized carbons (Fsp3) is 0.167. The third-order valence-corrected chi connectivity index (χ3v) is 2.89. The van der Waals surface area contributed by atoms with E-state index in [9.17, 15) is 9.59 Å². The summed E-state index contributed by atoms with van der Waals surface area (Å²) in [6, 6.07) is 3.66. The van der Waals surface area contributed by atoms with Crippen molar-refractivity contribution in [2.75, 3.05) is 10.6 Å². The van der Waals surface area contributed by atoms with Crippen molar-refractivity contribution in [3.8, 4) is 0 Å². The number of halogens is 1. The lowest BCUT2D eigenvalue weighted by molar-refractivity contribution is -0.112. The number of hydrogen-bond donors (Lipinski definition) is 1. The Morgan fingerprint density at radius 3 is 2.81 bits per heavy atom. The van der Waals surface area contributed by atoms with Gasteiger partial charge in [-0.25, -0.2) is 0 Å². The standard InChI is InChI=1S/C12H10BrNO2/c1-7-4-5-9-10(8(7)3-2-6-13)11(15)12(16)14-9/h2-5H,6H2,1H3,(H,14,15,16). The van der Waals surface area contributed by atoms with Gasteiger partial charge in [-0.2, -0.15) is 0 Å². The minimum Gasteiger partial charge on any atom is -0.318 e. The van der Waals surface area contributed by atoms with Crippen LogP contribution in [-0.2, 0) is 4.79 Å². The van der Waals surface area contributed by atoms with Crippen LogP contribution in [0.15, 0.2) is 18.2 Å². The number of amides is 1. The molecule has 1 aliphatic rings. The van der Waals surface area contributed by atoms with Crippen LogP contribution in [0, 0.1) is 6.92 Å². The topological polar surface area (TPSA) is 46.2 Å². The summed E-state index contributed by atoms with van der Waals surface area (Å²) in [6.45, 7) is 1.92. The van der Waals surface area contributed by atoms with Crippen LogP contribution in [0.5, 0.6) is 0 Å². The minimum atomic E-state index is -0.547. The zero-order valence-electron chi connectivity index (χ0n) is 8.71. The molecule has 1 N–H and O–H groups in total. The maximum Gasteiger partial charge on any atom is 0.296 e. The predicted octanol–water partition coefficient (Wildman–Crippen LogP) is 2.54. The van der Waals surface area contributed by atoms with Crippen molar-refractivity contribution >= 4 is 39.4 Å². The lowest BCUT2D eigenvalue weighted by atomic mass is 9.98. The van der Waals surface area contributed by atoms with Gasteiger partial charge in [-0.15, -0.1) is 0 Å². The van der Waals surface area contributed by atoms with Crippen molar-refractivity contribution in [1.82, 2.24) is 0 Å². The normalized spacial score (nSPS) is 14.4. The first-order valence-corrected chi connectivity index (χ1v) is 5.99. The molecule has 0 fully saturated rings. The average Bonchev–Trinajstić information content (AvgIpc) is 2.55. The Kier molecular flexibility index (Phi) is 2.92. The van der Waals surface area contributed by atoms with Gasteiger partial charge < -0.3 is 5.32 Å². The predicted molar refractivity (Wildman–Crippen MR) is 67.0 cm³/mol. The molecule has 82 valence electrons.